The number of nitrogens with zero attached hydrogens (tertiary/aromatic N) is 4. The summed E-state index contributed by atoms with van der Waals surface area (Å²) < 4.78 is 15.3. The zero-order valence-electron chi connectivity index (χ0n) is 34.8. The Morgan fingerprint density at radius 2 is 1.23 bits per heavy atom. The summed E-state index contributed by atoms with van der Waals surface area (Å²) >= 11 is 12.7. The number of carboxylic acids is 1. The van der Waals surface area contributed by atoms with Crippen LogP contribution in [0.5, 0.6) is 11.5 Å². The normalized spacial score (nSPS) is 11.2. The van der Waals surface area contributed by atoms with Gasteiger partial charge in [0.1, 0.15) is 21.8 Å². The molecular formula is C49H42Cl2N6O7. The first kappa shape index (κ1) is 43.5. The number of aromatic carboxylic acids is 1. The molecule has 64 heavy (non-hydrogen) atoms. The van der Waals surface area contributed by atoms with E-state index < -0.39 is 11.9 Å². The maximum Gasteiger partial charge on any atom is 0.336 e. The number of halogens is 2. The lowest BCUT2D eigenvalue weighted by Crippen LogP contribution is -2.28. The molecule has 0 spiro atoms. The lowest BCUT2D eigenvalue weighted by atomic mass is 9.95. The van der Waals surface area contributed by atoms with Gasteiger partial charge in [-0.15, -0.1) is 0 Å². The molecule has 0 bridgehead atoms. The molecule has 0 radical (unpaired) electrons. The Morgan fingerprint density at radius 1 is 0.625 bits per heavy atom. The van der Waals surface area contributed by atoms with Gasteiger partial charge < -0.3 is 39.5 Å². The summed E-state index contributed by atoms with van der Waals surface area (Å²) in [7, 11) is 3.21. The van der Waals surface area contributed by atoms with Crippen molar-refractivity contribution in [3.63, 3.8) is 0 Å². The fourth-order valence-corrected chi connectivity index (χ4v) is 8.19. The number of fused-ring (bicyclic) bond motifs is 2. The Balaban J connectivity index is 1.02. The fraction of sp³-hybridized carbons (Fsp3) is 0.163. The van der Waals surface area contributed by atoms with Crippen LogP contribution < -0.4 is 20.1 Å². The van der Waals surface area contributed by atoms with Crippen molar-refractivity contribution in [1.29, 1.82) is 0 Å². The van der Waals surface area contributed by atoms with E-state index in [2.05, 4.69) is 20.6 Å². The van der Waals surface area contributed by atoms with Gasteiger partial charge in [-0.1, -0.05) is 59.6 Å². The van der Waals surface area contributed by atoms with Crippen molar-refractivity contribution >= 4 is 62.8 Å². The number of ether oxygens (including phenoxy) is 2. The largest absolute Gasteiger partial charge is 0.497 e. The van der Waals surface area contributed by atoms with E-state index >= 15 is 0 Å². The van der Waals surface area contributed by atoms with Crippen molar-refractivity contribution in [3.8, 4) is 44.9 Å². The van der Waals surface area contributed by atoms with Crippen molar-refractivity contribution in [2.45, 2.75) is 26.1 Å². The van der Waals surface area contributed by atoms with Gasteiger partial charge in [0.05, 0.1) is 43.0 Å². The molecule has 0 saturated heterocycles. The Hall–Kier alpha value is -7.19. The quantitative estimate of drug-likeness (QED) is 0.0546. The van der Waals surface area contributed by atoms with Gasteiger partial charge >= 0.3 is 5.97 Å². The number of nitrogens with one attached hydrogen (secondary N) is 2. The molecule has 8 aromatic rings. The molecule has 0 aliphatic heterocycles. The number of aliphatic hydroxyl groups excluding tert-OH is 1. The van der Waals surface area contributed by atoms with Gasteiger partial charge in [0.2, 0.25) is 0 Å². The third-order valence-corrected chi connectivity index (χ3v) is 11.5. The van der Waals surface area contributed by atoms with Gasteiger partial charge in [0.15, 0.2) is 0 Å². The topological polar surface area (TPSA) is 170 Å². The van der Waals surface area contributed by atoms with Crippen molar-refractivity contribution in [2.75, 3.05) is 27.3 Å². The first-order chi connectivity index (χ1) is 31.0. The smallest absolute Gasteiger partial charge is 0.336 e. The standard InChI is InChI=1S/C49H42Cl2N6O7/c1-63-34-8-5-7-30(18-34)41-26-57(44-23-46(51)54-24-39(41)44)16-14-53-48(60)38-21-29(11-12-31(38)28-58)32-17-33(20-35(19-32)64-2)42-27-56(43-22-45(50)55-25-40(42)43)15-6-13-52-47(59)36-9-3-4-10-37(36)49(61)62/h3-5,7-12,17-27,58H,6,13-16,28H2,1-2H3,(H,52,59)(H,53,60)(H,61,62). The minimum Gasteiger partial charge on any atom is -0.497 e. The molecule has 0 unspecified atom stereocenters. The minimum atomic E-state index is -1.17. The van der Waals surface area contributed by atoms with Crippen LogP contribution in [-0.4, -0.2) is 74.4 Å². The Morgan fingerprint density at radius 3 is 1.91 bits per heavy atom. The molecular weight excluding hydrogens is 855 g/mol. The predicted octanol–water partition coefficient (Wildman–Crippen LogP) is 9.15. The van der Waals surface area contributed by atoms with Gasteiger partial charge in [-0.05, 0) is 94.9 Å². The number of methoxy groups -OCH3 is 2. The van der Waals surface area contributed by atoms with Crippen LogP contribution in [0, 0.1) is 0 Å². The van der Waals surface area contributed by atoms with Crippen LogP contribution >= 0.6 is 23.2 Å². The summed E-state index contributed by atoms with van der Waals surface area (Å²) in [5, 5.41) is 28.1. The number of carbonyl (C=O) groups excluding carboxylic acids is 2. The Bertz CT molecular complexity index is 3070. The highest BCUT2D eigenvalue weighted by Crippen LogP contribution is 2.38. The van der Waals surface area contributed by atoms with Crippen LogP contribution in [0.3, 0.4) is 0 Å². The molecule has 0 saturated carbocycles. The zero-order chi connectivity index (χ0) is 44.9. The van der Waals surface area contributed by atoms with Gasteiger partial charge in [0, 0.05) is 78.4 Å². The number of aliphatic hydroxyl groups is 1. The van der Waals surface area contributed by atoms with E-state index in [1.165, 1.54) is 12.1 Å². The fourth-order valence-electron chi connectivity index (χ4n) is 7.88. The number of hydrogen-bond acceptors (Lipinski definition) is 8. The highest BCUT2D eigenvalue weighted by Gasteiger charge is 2.19. The molecule has 0 aliphatic rings. The molecule has 324 valence electrons. The SMILES string of the molecule is COc1cc(-c2ccc(CO)c(C(=O)NCCn3cc(-c4cccc(OC)c4)c4cnc(Cl)cc43)c2)cc(-c2cn(CCCNC(=O)c3ccccc3C(=O)O)c3cc(Cl)ncc23)c1. The van der Waals surface area contributed by atoms with Crippen LogP contribution in [-0.2, 0) is 19.7 Å². The van der Waals surface area contributed by atoms with E-state index in [1.54, 1.807) is 63.0 Å². The summed E-state index contributed by atoms with van der Waals surface area (Å²) in [5.41, 5.74) is 7.62. The molecule has 8 rings (SSSR count). The molecule has 13 nitrogen and oxygen atoms in total. The number of carbonyl (C=O) groups is 3. The Kier molecular flexibility index (Phi) is 12.9. The van der Waals surface area contributed by atoms with Crippen molar-refractivity contribution in [2.24, 2.45) is 0 Å². The van der Waals surface area contributed by atoms with E-state index in [-0.39, 0.29) is 30.2 Å². The molecule has 0 aliphatic carbocycles. The van der Waals surface area contributed by atoms with Gasteiger partial charge in [-0.3, -0.25) is 9.59 Å². The molecule has 4 N–H and O–H groups in total. The third-order valence-electron chi connectivity index (χ3n) is 11.1. The van der Waals surface area contributed by atoms with Crippen molar-refractivity contribution in [3.05, 3.63) is 154 Å². The number of rotatable bonds is 16. The highest BCUT2D eigenvalue weighted by atomic mass is 35.5. The van der Waals surface area contributed by atoms with Crippen LogP contribution in [0.25, 0.3) is 55.2 Å². The highest BCUT2D eigenvalue weighted by molar-refractivity contribution is 6.30. The minimum absolute atomic E-state index is 0.0627. The van der Waals surface area contributed by atoms with E-state index in [1.807, 2.05) is 70.1 Å². The predicted molar refractivity (Wildman–Crippen MR) is 248 cm³/mol. The lowest BCUT2D eigenvalue weighted by Gasteiger charge is -2.14. The van der Waals surface area contributed by atoms with Crippen molar-refractivity contribution < 1.29 is 34.1 Å². The number of benzene rings is 4. The van der Waals surface area contributed by atoms with Crippen LogP contribution in [0.1, 0.15) is 43.1 Å². The summed E-state index contributed by atoms with van der Waals surface area (Å²) in [6.45, 7) is 1.18. The van der Waals surface area contributed by atoms with Crippen LogP contribution in [0.4, 0.5) is 0 Å². The van der Waals surface area contributed by atoms with Gasteiger partial charge in [0.25, 0.3) is 11.8 Å². The summed E-state index contributed by atoms with van der Waals surface area (Å²) in [4.78, 5) is 47.1. The van der Waals surface area contributed by atoms with Crippen LogP contribution in [0.2, 0.25) is 10.3 Å². The number of aryl methyl sites for hydroxylation is 1. The van der Waals surface area contributed by atoms with E-state index in [0.29, 0.717) is 53.2 Å². The maximum atomic E-state index is 13.9. The van der Waals surface area contributed by atoms with Gasteiger partial charge in [-0.2, -0.15) is 0 Å². The number of carboxylic acid groups (broad SMARTS) is 1. The molecule has 4 heterocycles. The number of aromatic nitrogens is 4. The molecule has 0 fully saturated rings. The number of pyridine rings is 2. The monoisotopic (exact) mass is 896 g/mol. The summed E-state index contributed by atoms with van der Waals surface area (Å²) in [5.74, 6) is -0.665. The molecule has 0 atom stereocenters. The zero-order valence-corrected chi connectivity index (χ0v) is 36.3. The second-order valence-corrected chi connectivity index (χ2v) is 15.7. The number of amides is 2. The van der Waals surface area contributed by atoms with E-state index in [9.17, 15) is 24.6 Å². The average molecular weight is 898 g/mol. The first-order valence-corrected chi connectivity index (χ1v) is 21.1. The lowest BCUT2D eigenvalue weighted by molar-refractivity contribution is 0.0690. The van der Waals surface area contributed by atoms with Crippen molar-refractivity contribution in [1.82, 2.24) is 29.7 Å². The maximum absolute atomic E-state index is 13.9. The molecule has 15 heteroatoms. The Labute approximate surface area is 377 Å². The molecule has 2 amide bonds. The second kappa shape index (κ2) is 19.1. The first-order valence-electron chi connectivity index (χ1n) is 20.3. The molecule has 4 aromatic carbocycles. The van der Waals surface area contributed by atoms with E-state index in [0.717, 1.165) is 60.9 Å². The molecule has 4 aromatic heterocycles. The van der Waals surface area contributed by atoms with Crippen LogP contribution in [0.15, 0.2) is 122 Å². The van der Waals surface area contributed by atoms with Gasteiger partial charge in [-0.25, -0.2) is 14.8 Å². The summed E-state index contributed by atoms with van der Waals surface area (Å²) in [6.07, 6.45) is 8.00. The second-order valence-electron chi connectivity index (χ2n) is 14.9. The summed E-state index contributed by atoms with van der Waals surface area (Å²) in [6, 6.07) is 28.6. The van der Waals surface area contributed by atoms with E-state index in [4.69, 9.17) is 32.7 Å². The number of hydrogen-bond donors (Lipinski definition) is 4. The third kappa shape index (κ3) is 9.13. The average Bonchev–Trinajstić information content (AvgIpc) is 3.86.